The van der Waals surface area contributed by atoms with Crippen molar-refractivity contribution in [2.75, 3.05) is 6.61 Å². The lowest BCUT2D eigenvalue weighted by molar-refractivity contribution is -0.153. The van der Waals surface area contributed by atoms with Crippen molar-refractivity contribution in [2.24, 2.45) is 0 Å². The minimum absolute atomic E-state index is 0.0128. The zero-order chi connectivity index (χ0) is 29.4. The zero-order valence-electron chi connectivity index (χ0n) is 24.3. The zero-order valence-corrected chi connectivity index (χ0v) is 25.2. The summed E-state index contributed by atoms with van der Waals surface area (Å²) in [6, 6.07) is 22.4. The van der Waals surface area contributed by atoms with Crippen LogP contribution >= 0.6 is 7.82 Å². The van der Waals surface area contributed by atoms with Gasteiger partial charge in [-0.2, -0.15) is 0 Å². The Morgan fingerprint density at radius 2 is 1.38 bits per heavy atom. The van der Waals surface area contributed by atoms with Crippen molar-refractivity contribution in [2.45, 2.75) is 78.6 Å². The number of hydrogen-bond donors (Lipinski definition) is 1. The number of carbonyl (C=O) groups is 1. The second-order valence-electron chi connectivity index (χ2n) is 11.5. The summed E-state index contributed by atoms with van der Waals surface area (Å²) in [7, 11) is -4.17. The molecule has 0 aliphatic carbocycles. The first-order chi connectivity index (χ1) is 18.8. The van der Waals surface area contributed by atoms with E-state index in [4.69, 9.17) is 18.3 Å². The Morgan fingerprint density at radius 1 is 0.850 bits per heavy atom. The summed E-state index contributed by atoms with van der Waals surface area (Å²) < 4.78 is 37.7. The molecule has 7 nitrogen and oxygen atoms in total. The number of carbonyl (C=O) groups excluding carboxylic acids is 1. The Kier molecular flexibility index (Phi) is 10.7. The highest BCUT2D eigenvalue weighted by Crippen LogP contribution is 2.53. The van der Waals surface area contributed by atoms with E-state index < -0.39 is 24.8 Å². The third-order valence-electron chi connectivity index (χ3n) is 6.17. The molecule has 0 saturated carbocycles. The van der Waals surface area contributed by atoms with Gasteiger partial charge in [-0.3, -0.25) is 13.8 Å². The van der Waals surface area contributed by atoms with Crippen LogP contribution < -0.4 is 4.52 Å². The minimum atomic E-state index is -4.17. The summed E-state index contributed by atoms with van der Waals surface area (Å²) in [4.78, 5) is 12.9. The van der Waals surface area contributed by atoms with E-state index in [1.54, 1.807) is 6.07 Å². The van der Waals surface area contributed by atoms with Gasteiger partial charge in [-0.1, -0.05) is 80.6 Å². The topological polar surface area (TPSA) is 91.3 Å². The van der Waals surface area contributed by atoms with Crippen LogP contribution in [0.15, 0.2) is 72.8 Å². The molecule has 0 saturated heterocycles. The first-order valence-electron chi connectivity index (χ1n) is 13.4. The van der Waals surface area contributed by atoms with Crippen LogP contribution in [0.25, 0.3) is 0 Å². The molecular formula is C32H41O7P. The Balaban J connectivity index is 2.03. The number of aryl methyl sites for hydroxylation is 1. The lowest BCUT2D eigenvalue weighted by atomic mass is 9.77. The van der Waals surface area contributed by atoms with Crippen LogP contribution in [0, 0.1) is 6.92 Å². The monoisotopic (exact) mass is 568 g/mol. The fourth-order valence-corrected chi connectivity index (χ4v) is 5.59. The van der Waals surface area contributed by atoms with Crippen LogP contribution in [-0.2, 0) is 48.2 Å². The largest absolute Gasteiger partial charge is 0.530 e. The maximum Gasteiger partial charge on any atom is 0.530 e. The number of ether oxygens (including phenoxy) is 1. The standard InChI is InChI=1S/C32H41O7P/c1-24-19-27(21-29(34)38-31(2,3)4)30(32(5,6)17-18-33)28(20-24)39-40(35,36-22-25-13-9-7-10-14-25)37-23-26-15-11-8-12-16-26/h7-16,19-20,33H,17-18,21-23H2,1-6H3. The molecule has 0 spiro atoms. The number of phosphoric acid groups is 1. The van der Waals surface area contributed by atoms with E-state index in [-0.39, 0.29) is 32.0 Å². The lowest BCUT2D eigenvalue weighted by Gasteiger charge is -2.31. The highest BCUT2D eigenvalue weighted by Gasteiger charge is 2.35. The van der Waals surface area contributed by atoms with E-state index in [0.717, 1.165) is 16.7 Å². The van der Waals surface area contributed by atoms with Crippen molar-refractivity contribution < 1.29 is 32.8 Å². The molecule has 3 aromatic rings. The second kappa shape index (κ2) is 13.6. The molecule has 0 amide bonds. The molecule has 8 heteroatoms. The summed E-state index contributed by atoms with van der Waals surface area (Å²) in [5.41, 5.74) is 2.45. The van der Waals surface area contributed by atoms with Gasteiger partial charge < -0.3 is 14.4 Å². The summed E-state index contributed by atoms with van der Waals surface area (Å²) in [6.45, 7) is 11.1. The van der Waals surface area contributed by atoms with Gasteiger partial charge in [0.1, 0.15) is 11.4 Å². The Bertz CT molecular complexity index is 1250. The van der Waals surface area contributed by atoms with Gasteiger partial charge in [-0.15, -0.1) is 0 Å². The van der Waals surface area contributed by atoms with Crippen LogP contribution in [0.1, 0.15) is 68.9 Å². The second-order valence-corrected chi connectivity index (χ2v) is 13.1. The number of phosphoric ester groups is 1. The number of benzene rings is 3. The highest BCUT2D eigenvalue weighted by molar-refractivity contribution is 7.48. The lowest BCUT2D eigenvalue weighted by Crippen LogP contribution is -2.27. The van der Waals surface area contributed by atoms with Gasteiger partial charge in [0, 0.05) is 12.2 Å². The minimum Gasteiger partial charge on any atom is -0.460 e. The van der Waals surface area contributed by atoms with Crippen molar-refractivity contribution >= 4 is 13.8 Å². The van der Waals surface area contributed by atoms with Crippen molar-refractivity contribution in [3.63, 3.8) is 0 Å². The quantitative estimate of drug-likeness (QED) is 0.169. The average Bonchev–Trinajstić information content (AvgIpc) is 2.86. The molecule has 1 N–H and O–H groups in total. The van der Waals surface area contributed by atoms with E-state index >= 15 is 0 Å². The summed E-state index contributed by atoms with van der Waals surface area (Å²) in [5, 5.41) is 9.85. The van der Waals surface area contributed by atoms with Crippen LogP contribution in [-0.4, -0.2) is 23.3 Å². The molecule has 0 atom stereocenters. The number of aliphatic hydroxyl groups is 1. The summed E-state index contributed by atoms with van der Waals surface area (Å²) >= 11 is 0. The first-order valence-corrected chi connectivity index (χ1v) is 14.9. The predicted octanol–water partition coefficient (Wildman–Crippen LogP) is 7.46. The van der Waals surface area contributed by atoms with E-state index in [1.807, 2.05) is 108 Å². The Hall–Kier alpha value is -2.96. The van der Waals surface area contributed by atoms with E-state index in [2.05, 4.69) is 0 Å². The summed E-state index contributed by atoms with van der Waals surface area (Å²) in [6.07, 6.45) is 0.368. The van der Waals surface area contributed by atoms with Gasteiger partial charge in [0.2, 0.25) is 0 Å². The molecular weight excluding hydrogens is 527 g/mol. The fourth-order valence-electron chi connectivity index (χ4n) is 4.41. The number of rotatable bonds is 13. The summed E-state index contributed by atoms with van der Waals surface area (Å²) in [5.74, 6) is -0.115. The molecule has 0 unspecified atom stereocenters. The third kappa shape index (κ3) is 9.60. The van der Waals surface area contributed by atoms with Gasteiger partial charge in [0.25, 0.3) is 0 Å². The molecule has 3 aromatic carbocycles. The normalized spacial score (nSPS) is 12.3. The molecule has 0 radical (unpaired) electrons. The van der Waals surface area contributed by atoms with E-state index in [0.29, 0.717) is 17.5 Å². The Morgan fingerprint density at radius 3 is 1.85 bits per heavy atom. The predicted molar refractivity (Wildman–Crippen MR) is 156 cm³/mol. The van der Waals surface area contributed by atoms with Gasteiger partial charge >= 0.3 is 13.8 Å². The van der Waals surface area contributed by atoms with Crippen molar-refractivity contribution in [1.29, 1.82) is 0 Å². The van der Waals surface area contributed by atoms with Crippen LogP contribution in [0.3, 0.4) is 0 Å². The molecule has 0 bridgehead atoms. The molecule has 216 valence electrons. The molecule has 0 fully saturated rings. The van der Waals surface area contributed by atoms with Gasteiger partial charge in [-0.05, 0) is 67.9 Å². The molecule has 0 aliphatic rings. The maximum absolute atomic E-state index is 14.2. The highest BCUT2D eigenvalue weighted by atomic mass is 31.2. The van der Waals surface area contributed by atoms with Gasteiger partial charge in [0.05, 0.1) is 19.6 Å². The van der Waals surface area contributed by atoms with E-state index in [1.165, 1.54) is 0 Å². The number of esters is 1. The number of aliphatic hydroxyl groups excluding tert-OH is 1. The van der Waals surface area contributed by atoms with Crippen LogP contribution in [0.5, 0.6) is 5.75 Å². The van der Waals surface area contributed by atoms with Crippen molar-refractivity contribution in [3.05, 3.63) is 101 Å². The van der Waals surface area contributed by atoms with Crippen LogP contribution in [0.4, 0.5) is 0 Å². The third-order valence-corrected chi connectivity index (χ3v) is 7.48. The SMILES string of the molecule is Cc1cc(CC(=O)OC(C)(C)C)c(C(C)(C)CCO)c(OP(=O)(OCc2ccccc2)OCc2ccccc2)c1. The maximum atomic E-state index is 14.2. The van der Waals surface area contributed by atoms with Gasteiger partial charge in [0.15, 0.2) is 0 Å². The number of hydrogen-bond acceptors (Lipinski definition) is 7. The molecule has 0 aliphatic heterocycles. The average molecular weight is 569 g/mol. The first kappa shape index (κ1) is 31.6. The van der Waals surface area contributed by atoms with Gasteiger partial charge in [-0.25, -0.2) is 4.57 Å². The van der Waals surface area contributed by atoms with Crippen molar-refractivity contribution in [1.82, 2.24) is 0 Å². The van der Waals surface area contributed by atoms with E-state index in [9.17, 15) is 14.5 Å². The van der Waals surface area contributed by atoms with Crippen molar-refractivity contribution in [3.8, 4) is 5.75 Å². The molecule has 0 heterocycles. The molecule has 0 aromatic heterocycles. The van der Waals surface area contributed by atoms with Crippen LogP contribution in [0.2, 0.25) is 0 Å². The fraction of sp³-hybridized carbons (Fsp3) is 0.406. The molecule has 3 rings (SSSR count). The Labute approximate surface area is 238 Å². The smallest absolute Gasteiger partial charge is 0.460 e. The molecule has 40 heavy (non-hydrogen) atoms.